The molecule has 0 aromatic carbocycles. The number of H-pyrrole nitrogens is 1. The number of nitrogens with one attached hydrogen (secondary N) is 1. The Labute approximate surface area is 108 Å². The van der Waals surface area contributed by atoms with Gasteiger partial charge in [-0.05, 0) is 25.5 Å². The number of aromatic amines is 1. The Balaban J connectivity index is 2.03. The normalized spacial score (nSPS) is 21.9. The number of sulfone groups is 1. The van der Waals surface area contributed by atoms with E-state index in [0.717, 1.165) is 30.5 Å². The molecular formula is C12H19N3O2S. The van der Waals surface area contributed by atoms with E-state index in [9.17, 15) is 8.42 Å². The van der Waals surface area contributed by atoms with E-state index >= 15 is 0 Å². The van der Waals surface area contributed by atoms with E-state index in [1.807, 2.05) is 6.07 Å². The first-order valence-corrected chi connectivity index (χ1v) is 7.92. The van der Waals surface area contributed by atoms with Crippen molar-refractivity contribution in [1.29, 1.82) is 0 Å². The minimum absolute atomic E-state index is 0.140. The molecule has 0 bridgehead atoms. The van der Waals surface area contributed by atoms with Crippen molar-refractivity contribution < 1.29 is 8.42 Å². The first-order valence-electron chi connectivity index (χ1n) is 6.21. The van der Waals surface area contributed by atoms with Gasteiger partial charge in [0.15, 0.2) is 9.84 Å². The molecule has 1 aliphatic rings. The molecule has 1 N–H and O–H groups in total. The van der Waals surface area contributed by atoms with Gasteiger partial charge in [-0.2, -0.15) is 5.10 Å². The van der Waals surface area contributed by atoms with Crippen LogP contribution < -0.4 is 0 Å². The zero-order valence-corrected chi connectivity index (χ0v) is 11.2. The zero-order valence-electron chi connectivity index (χ0n) is 10.4. The number of rotatable bonds is 5. The monoisotopic (exact) mass is 269 g/mol. The maximum atomic E-state index is 11.5. The Kier molecular flexibility index (Phi) is 4.19. The molecule has 0 radical (unpaired) electrons. The maximum Gasteiger partial charge on any atom is 0.172 e. The smallest absolute Gasteiger partial charge is 0.172 e. The van der Waals surface area contributed by atoms with Crippen molar-refractivity contribution in [3.8, 4) is 0 Å². The molecule has 1 aromatic rings. The molecule has 1 aliphatic heterocycles. The quantitative estimate of drug-likeness (QED) is 0.879. The van der Waals surface area contributed by atoms with Gasteiger partial charge >= 0.3 is 0 Å². The van der Waals surface area contributed by atoms with Crippen LogP contribution in [0.1, 0.15) is 31.0 Å². The fourth-order valence-corrected chi connectivity index (χ4v) is 3.05. The third-order valence-corrected chi connectivity index (χ3v) is 4.67. The fourth-order valence-electron chi connectivity index (χ4n) is 2.39. The third kappa shape index (κ3) is 3.20. The Morgan fingerprint density at radius 1 is 1.56 bits per heavy atom. The van der Waals surface area contributed by atoms with Crippen LogP contribution in [0.25, 0.3) is 0 Å². The minimum Gasteiger partial charge on any atom is -0.294 e. The molecule has 2 rings (SSSR count). The molecule has 18 heavy (non-hydrogen) atoms. The number of nitrogens with zero attached hydrogens (tertiary/aromatic N) is 2. The summed E-state index contributed by atoms with van der Waals surface area (Å²) in [6.07, 6.45) is 5.09. The Morgan fingerprint density at radius 3 is 3.06 bits per heavy atom. The average molecular weight is 269 g/mol. The van der Waals surface area contributed by atoms with Gasteiger partial charge in [-0.15, -0.1) is 0 Å². The predicted molar refractivity (Wildman–Crippen MR) is 70.7 cm³/mol. The zero-order chi connectivity index (χ0) is 13.0. The van der Waals surface area contributed by atoms with Gasteiger partial charge in [-0.3, -0.25) is 10.00 Å². The van der Waals surface area contributed by atoms with Gasteiger partial charge in [0.25, 0.3) is 0 Å². The van der Waals surface area contributed by atoms with E-state index in [4.69, 9.17) is 0 Å². The number of hydrogen-bond acceptors (Lipinski definition) is 4. The lowest BCUT2D eigenvalue weighted by Crippen LogP contribution is -2.36. The van der Waals surface area contributed by atoms with Crippen molar-refractivity contribution in [3.05, 3.63) is 29.9 Å². The van der Waals surface area contributed by atoms with Gasteiger partial charge in [0, 0.05) is 18.1 Å². The van der Waals surface area contributed by atoms with Gasteiger partial charge in [-0.25, -0.2) is 8.42 Å². The molecule has 0 saturated carbocycles. The third-order valence-electron chi connectivity index (χ3n) is 3.41. The van der Waals surface area contributed by atoms with Crippen LogP contribution in [-0.4, -0.2) is 42.4 Å². The standard InChI is InChI=1S/C12H19N3O2S/c1-2-18(16,17)10-9-15-8-4-3-5-12(15)11-6-7-13-14-11/h2,6-7,12H,1,3-5,8-10H2,(H,13,14). The van der Waals surface area contributed by atoms with E-state index in [1.165, 1.54) is 6.42 Å². The number of hydrogen-bond donors (Lipinski definition) is 1. The van der Waals surface area contributed by atoms with Crippen molar-refractivity contribution in [2.24, 2.45) is 0 Å². The molecule has 100 valence electrons. The number of likely N-dealkylation sites (tertiary alicyclic amines) is 1. The minimum atomic E-state index is -3.11. The second-order valence-corrected chi connectivity index (χ2v) is 6.66. The molecule has 2 heterocycles. The van der Waals surface area contributed by atoms with Crippen LogP contribution in [0.2, 0.25) is 0 Å². The lowest BCUT2D eigenvalue weighted by Gasteiger charge is -2.34. The maximum absolute atomic E-state index is 11.5. The number of aromatic nitrogens is 2. The van der Waals surface area contributed by atoms with E-state index in [0.29, 0.717) is 6.54 Å². The van der Waals surface area contributed by atoms with Gasteiger partial charge in [0.05, 0.1) is 17.5 Å². The summed E-state index contributed by atoms with van der Waals surface area (Å²) in [5.41, 5.74) is 1.07. The van der Waals surface area contributed by atoms with Crippen molar-refractivity contribution in [3.63, 3.8) is 0 Å². The first-order chi connectivity index (χ1) is 8.62. The van der Waals surface area contributed by atoms with Crippen LogP contribution in [0.4, 0.5) is 0 Å². The lowest BCUT2D eigenvalue weighted by atomic mass is 10.00. The summed E-state index contributed by atoms with van der Waals surface area (Å²) in [7, 11) is -3.11. The largest absolute Gasteiger partial charge is 0.294 e. The van der Waals surface area contributed by atoms with Crippen molar-refractivity contribution >= 4 is 9.84 Å². The second-order valence-electron chi connectivity index (χ2n) is 4.59. The van der Waals surface area contributed by atoms with Crippen molar-refractivity contribution in [2.45, 2.75) is 25.3 Å². The molecule has 0 amide bonds. The highest BCUT2D eigenvalue weighted by atomic mass is 32.2. The van der Waals surface area contributed by atoms with Crippen LogP contribution in [-0.2, 0) is 9.84 Å². The summed E-state index contributed by atoms with van der Waals surface area (Å²) in [6, 6.07) is 2.23. The molecule has 1 fully saturated rings. The van der Waals surface area contributed by atoms with Gasteiger partial charge in [-0.1, -0.05) is 13.0 Å². The summed E-state index contributed by atoms with van der Waals surface area (Å²) in [5, 5.41) is 8.00. The van der Waals surface area contributed by atoms with E-state index in [-0.39, 0.29) is 11.8 Å². The lowest BCUT2D eigenvalue weighted by molar-refractivity contribution is 0.154. The van der Waals surface area contributed by atoms with Crippen LogP contribution in [0.15, 0.2) is 24.3 Å². The van der Waals surface area contributed by atoms with Gasteiger partial charge in [0.1, 0.15) is 0 Å². The van der Waals surface area contributed by atoms with Gasteiger partial charge in [0.2, 0.25) is 0 Å². The topological polar surface area (TPSA) is 66.1 Å². The Morgan fingerprint density at radius 2 is 2.39 bits per heavy atom. The van der Waals surface area contributed by atoms with Crippen molar-refractivity contribution in [2.75, 3.05) is 18.8 Å². The SMILES string of the molecule is C=CS(=O)(=O)CCN1CCCCC1c1ccn[nH]1. The number of piperidine rings is 1. The van der Waals surface area contributed by atoms with Crippen LogP contribution in [0, 0.1) is 0 Å². The summed E-state index contributed by atoms with van der Waals surface area (Å²) in [5.74, 6) is 0.140. The molecule has 5 nitrogen and oxygen atoms in total. The highest BCUT2D eigenvalue weighted by Gasteiger charge is 2.25. The molecule has 1 saturated heterocycles. The molecule has 1 atom stereocenters. The van der Waals surface area contributed by atoms with E-state index in [1.54, 1.807) is 6.20 Å². The Bertz CT molecular complexity index is 481. The van der Waals surface area contributed by atoms with Crippen LogP contribution >= 0.6 is 0 Å². The highest BCUT2D eigenvalue weighted by molar-refractivity contribution is 7.94. The Hall–Kier alpha value is -1.14. The molecule has 0 aliphatic carbocycles. The summed E-state index contributed by atoms with van der Waals surface area (Å²) in [6.45, 7) is 4.84. The summed E-state index contributed by atoms with van der Waals surface area (Å²) in [4.78, 5) is 2.22. The fraction of sp³-hybridized carbons (Fsp3) is 0.583. The second kappa shape index (κ2) is 5.67. The summed E-state index contributed by atoms with van der Waals surface area (Å²) < 4.78 is 22.9. The van der Waals surface area contributed by atoms with Gasteiger partial charge < -0.3 is 0 Å². The van der Waals surface area contributed by atoms with Crippen LogP contribution in [0.5, 0.6) is 0 Å². The highest BCUT2D eigenvalue weighted by Crippen LogP contribution is 2.29. The van der Waals surface area contributed by atoms with Crippen LogP contribution in [0.3, 0.4) is 0 Å². The van der Waals surface area contributed by atoms with E-state index < -0.39 is 9.84 Å². The molecule has 1 aromatic heterocycles. The first kappa shape index (κ1) is 13.3. The molecule has 0 spiro atoms. The summed E-state index contributed by atoms with van der Waals surface area (Å²) >= 11 is 0. The predicted octanol–water partition coefficient (Wildman–Crippen LogP) is 1.49. The average Bonchev–Trinajstić information content (AvgIpc) is 2.91. The van der Waals surface area contributed by atoms with E-state index in [2.05, 4.69) is 21.7 Å². The molecule has 6 heteroatoms. The van der Waals surface area contributed by atoms with Crippen molar-refractivity contribution in [1.82, 2.24) is 15.1 Å². The molecular weight excluding hydrogens is 250 g/mol. The molecule has 1 unspecified atom stereocenters.